The minimum absolute atomic E-state index is 0.106. The van der Waals surface area contributed by atoms with Crippen LogP contribution in [0.1, 0.15) is 12.5 Å². The zero-order valence-corrected chi connectivity index (χ0v) is 15.7. The fraction of sp³-hybridized carbons (Fsp3) is 0.222. The van der Waals surface area contributed by atoms with Gasteiger partial charge in [-0.3, -0.25) is 4.79 Å². The number of aromatic nitrogens is 4. The van der Waals surface area contributed by atoms with Crippen LogP contribution in [-0.2, 0) is 11.3 Å². The van der Waals surface area contributed by atoms with Crippen molar-refractivity contribution in [3.05, 3.63) is 53.4 Å². The van der Waals surface area contributed by atoms with Crippen molar-refractivity contribution in [3.8, 4) is 23.0 Å². The Morgan fingerprint density at radius 1 is 1.24 bits per heavy atom. The molecule has 152 valence electrons. The molecule has 0 fully saturated rings. The third kappa shape index (κ3) is 5.92. The summed E-state index contributed by atoms with van der Waals surface area (Å²) in [5, 5.41) is 4.40. The summed E-state index contributed by atoms with van der Waals surface area (Å²) in [5.41, 5.74) is 1.50. The Bertz CT molecular complexity index is 1020. The molecule has 3 aromatic rings. The lowest BCUT2D eigenvalue weighted by atomic mass is 10.1. The number of hydrogen-bond acceptors (Lipinski definition) is 6. The Morgan fingerprint density at radius 3 is 2.72 bits per heavy atom. The van der Waals surface area contributed by atoms with Gasteiger partial charge < -0.3 is 9.47 Å². The molecular formula is C18H14ClF3N4O3. The normalized spacial score (nSPS) is 11.3. The first-order valence-corrected chi connectivity index (χ1v) is 8.60. The standard InChI is InChI=1S/C18H14ClF3N4O3/c1-11(27)29-17-24-10-26(25-17)8-12-5-15(13-3-2-4-14(19)6-13)16(23-7-12)28-9-18(20,21)22/h2-7,10H,8-9H2,1H3. The van der Waals surface area contributed by atoms with Crippen LogP contribution in [0, 0.1) is 0 Å². The molecule has 0 atom stereocenters. The molecule has 0 unspecified atom stereocenters. The molecule has 0 aliphatic rings. The Hall–Kier alpha value is -3.14. The highest BCUT2D eigenvalue weighted by molar-refractivity contribution is 6.30. The number of hydrogen-bond donors (Lipinski definition) is 0. The number of carbonyl (C=O) groups is 1. The molecule has 2 aromatic heterocycles. The molecule has 11 heteroatoms. The molecule has 0 spiro atoms. The SMILES string of the molecule is CC(=O)Oc1ncn(Cc2cnc(OCC(F)(F)F)c(-c3cccc(Cl)c3)c2)n1. The second kappa shape index (κ2) is 8.48. The summed E-state index contributed by atoms with van der Waals surface area (Å²) in [7, 11) is 0. The predicted molar refractivity (Wildman–Crippen MR) is 96.7 cm³/mol. The highest BCUT2D eigenvalue weighted by Crippen LogP contribution is 2.32. The van der Waals surface area contributed by atoms with E-state index in [1.54, 1.807) is 30.3 Å². The van der Waals surface area contributed by atoms with Crippen LogP contribution in [0.5, 0.6) is 11.9 Å². The molecule has 2 heterocycles. The highest BCUT2D eigenvalue weighted by Gasteiger charge is 2.29. The number of pyridine rings is 1. The van der Waals surface area contributed by atoms with Crippen LogP contribution >= 0.6 is 11.6 Å². The first kappa shape index (κ1) is 20.6. The van der Waals surface area contributed by atoms with Crippen LogP contribution < -0.4 is 9.47 Å². The first-order chi connectivity index (χ1) is 13.7. The van der Waals surface area contributed by atoms with Gasteiger partial charge in [0.1, 0.15) is 6.33 Å². The van der Waals surface area contributed by atoms with Crippen molar-refractivity contribution >= 4 is 17.6 Å². The minimum Gasteiger partial charge on any atom is -0.468 e. The van der Waals surface area contributed by atoms with Crippen molar-refractivity contribution in [1.82, 2.24) is 19.7 Å². The number of alkyl halides is 3. The van der Waals surface area contributed by atoms with Crippen molar-refractivity contribution in [2.75, 3.05) is 6.61 Å². The van der Waals surface area contributed by atoms with Gasteiger partial charge in [0.15, 0.2) is 6.61 Å². The molecular weight excluding hydrogens is 413 g/mol. The van der Waals surface area contributed by atoms with Gasteiger partial charge in [-0.25, -0.2) is 9.67 Å². The smallest absolute Gasteiger partial charge is 0.422 e. The Morgan fingerprint density at radius 2 is 2.03 bits per heavy atom. The maximum Gasteiger partial charge on any atom is 0.422 e. The number of esters is 1. The van der Waals surface area contributed by atoms with E-state index in [1.165, 1.54) is 24.1 Å². The first-order valence-electron chi connectivity index (χ1n) is 8.22. The number of nitrogens with zero attached hydrogens (tertiary/aromatic N) is 4. The van der Waals surface area contributed by atoms with Crippen molar-refractivity contribution < 1.29 is 27.4 Å². The van der Waals surface area contributed by atoms with E-state index in [1.807, 2.05) is 0 Å². The fourth-order valence-corrected chi connectivity index (χ4v) is 2.62. The second-order valence-electron chi connectivity index (χ2n) is 5.93. The molecule has 0 saturated carbocycles. The van der Waals surface area contributed by atoms with E-state index in [9.17, 15) is 18.0 Å². The van der Waals surface area contributed by atoms with Gasteiger partial charge in [0.2, 0.25) is 5.88 Å². The monoisotopic (exact) mass is 426 g/mol. The molecule has 0 saturated heterocycles. The van der Waals surface area contributed by atoms with Crippen molar-refractivity contribution in [1.29, 1.82) is 0 Å². The molecule has 29 heavy (non-hydrogen) atoms. The largest absolute Gasteiger partial charge is 0.468 e. The average molecular weight is 427 g/mol. The van der Waals surface area contributed by atoms with Gasteiger partial charge in [-0.05, 0) is 29.3 Å². The van der Waals surface area contributed by atoms with Crippen LogP contribution in [0.2, 0.25) is 5.02 Å². The molecule has 0 aliphatic heterocycles. The molecule has 0 N–H and O–H groups in total. The lowest BCUT2D eigenvalue weighted by molar-refractivity contribution is -0.154. The summed E-state index contributed by atoms with van der Waals surface area (Å²) in [6.07, 6.45) is -1.78. The summed E-state index contributed by atoms with van der Waals surface area (Å²) >= 11 is 6.01. The lowest BCUT2D eigenvalue weighted by Gasteiger charge is -2.14. The number of benzene rings is 1. The maximum atomic E-state index is 12.6. The lowest BCUT2D eigenvalue weighted by Crippen LogP contribution is -2.20. The van der Waals surface area contributed by atoms with E-state index in [2.05, 4.69) is 15.1 Å². The van der Waals surface area contributed by atoms with Gasteiger partial charge in [0.05, 0.1) is 6.54 Å². The number of rotatable bonds is 6. The van der Waals surface area contributed by atoms with Crippen LogP contribution in [-0.4, -0.2) is 38.5 Å². The Balaban J connectivity index is 1.90. The van der Waals surface area contributed by atoms with Crippen molar-refractivity contribution in [3.63, 3.8) is 0 Å². The Labute approximate surface area is 168 Å². The third-order valence-corrected chi connectivity index (χ3v) is 3.75. The molecule has 7 nitrogen and oxygen atoms in total. The highest BCUT2D eigenvalue weighted by atomic mass is 35.5. The third-order valence-electron chi connectivity index (χ3n) is 3.51. The minimum atomic E-state index is -4.50. The van der Waals surface area contributed by atoms with Gasteiger partial charge in [-0.2, -0.15) is 18.2 Å². The predicted octanol–water partition coefficient (Wildman–Crippen LogP) is 3.91. The summed E-state index contributed by atoms with van der Waals surface area (Å²) in [6, 6.07) is 8.10. The molecule has 0 bridgehead atoms. The van der Waals surface area contributed by atoms with E-state index in [0.717, 1.165) is 0 Å². The summed E-state index contributed by atoms with van der Waals surface area (Å²) in [6.45, 7) is -0.0579. The van der Waals surface area contributed by atoms with Crippen LogP contribution in [0.4, 0.5) is 13.2 Å². The zero-order chi connectivity index (χ0) is 21.0. The van der Waals surface area contributed by atoms with Crippen LogP contribution in [0.3, 0.4) is 0 Å². The van der Waals surface area contributed by atoms with E-state index in [-0.39, 0.29) is 18.4 Å². The molecule has 1 aromatic carbocycles. The number of ether oxygens (including phenoxy) is 2. The van der Waals surface area contributed by atoms with E-state index in [4.69, 9.17) is 21.1 Å². The fourth-order valence-electron chi connectivity index (χ4n) is 2.43. The van der Waals surface area contributed by atoms with E-state index < -0.39 is 18.8 Å². The van der Waals surface area contributed by atoms with Crippen LogP contribution in [0.15, 0.2) is 42.9 Å². The van der Waals surface area contributed by atoms with Gasteiger partial charge in [-0.1, -0.05) is 23.7 Å². The topological polar surface area (TPSA) is 79.1 Å². The number of halogens is 4. The second-order valence-corrected chi connectivity index (χ2v) is 6.37. The van der Waals surface area contributed by atoms with Crippen LogP contribution in [0.25, 0.3) is 11.1 Å². The quantitative estimate of drug-likeness (QED) is 0.556. The maximum absolute atomic E-state index is 12.6. The molecule has 0 radical (unpaired) electrons. The van der Waals surface area contributed by atoms with Gasteiger partial charge in [0, 0.05) is 23.7 Å². The zero-order valence-electron chi connectivity index (χ0n) is 15.0. The Kier molecular flexibility index (Phi) is 6.02. The van der Waals surface area contributed by atoms with Gasteiger partial charge in [-0.15, -0.1) is 5.10 Å². The summed E-state index contributed by atoms with van der Waals surface area (Å²) in [5.74, 6) is -0.730. The molecule has 0 amide bonds. The van der Waals surface area contributed by atoms with E-state index >= 15 is 0 Å². The van der Waals surface area contributed by atoms with E-state index in [0.29, 0.717) is 21.7 Å². The average Bonchev–Trinajstić information content (AvgIpc) is 3.06. The van der Waals surface area contributed by atoms with Gasteiger partial charge in [0.25, 0.3) is 0 Å². The molecule has 3 rings (SSSR count). The molecule has 0 aliphatic carbocycles. The summed E-state index contributed by atoms with van der Waals surface area (Å²) in [4.78, 5) is 18.8. The summed E-state index contributed by atoms with van der Waals surface area (Å²) < 4.78 is 48.8. The van der Waals surface area contributed by atoms with Gasteiger partial charge >= 0.3 is 18.2 Å². The van der Waals surface area contributed by atoms with Crippen molar-refractivity contribution in [2.45, 2.75) is 19.6 Å². The number of carbonyl (C=O) groups excluding carboxylic acids is 1. The van der Waals surface area contributed by atoms with Crippen molar-refractivity contribution in [2.24, 2.45) is 0 Å².